The first kappa shape index (κ1) is 15.7. The first-order chi connectivity index (χ1) is 10.1. The third-order valence-electron chi connectivity index (χ3n) is 4.07. The van der Waals surface area contributed by atoms with Gasteiger partial charge in [-0.05, 0) is 50.2 Å². The molecule has 1 unspecified atom stereocenters. The highest BCUT2D eigenvalue weighted by Crippen LogP contribution is 2.18. The van der Waals surface area contributed by atoms with Crippen LogP contribution in [0.15, 0.2) is 48.5 Å². The van der Waals surface area contributed by atoms with Crippen molar-refractivity contribution in [2.45, 2.75) is 26.4 Å². The van der Waals surface area contributed by atoms with E-state index in [1.165, 1.54) is 22.3 Å². The lowest BCUT2D eigenvalue weighted by Crippen LogP contribution is -2.31. The van der Waals surface area contributed by atoms with Gasteiger partial charge in [0.25, 0.3) is 0 Å². The van der Waals surface area contributed by atoms with E-state index in [4.69, 9.17) is 0 Å². The van der Waals surface area contributed by atoms with E-state index in [1.54, 1.807) is 0 Å². The Kier molecular flexibility index (Phi) is 5.54. The molecule has 0 spiro atoms. The van der Waals surface area contributed by atoms with Crippen LogP contribution in [0.4, 0.5) is 0 Å². The number of nitrogens with one attached hydrogen (secondary N) is 1. The molecular formula is C19H26N2. The van der Waals surface area contributed by atoms with Gasteiger partial charge < -0.3 is 10.2 Å². The second-order valence-corrected chi connectivity index (χ2v) is 5.87. The minimum Gasteiger partial charge on any atom is -0.312 e. The first-order valence-electron chi connectivity index (χ1n) is 7.57. The van der Waals surface area contributed by atoms with Crippen LogP contribution in [0.5, 0.6) is 0 Å². The maximum Gasteiger partial charge on any atom is 0.0446 e. The molecule has 2 aromatic rings. The van der Waals surface area contributed by atoms with E-state index in [9.17, 15) is 0 Å². The zero-order chi connectivity index (χ0) is 15.2. The highest BCUT2D eigenvalue weighted by atomic mass is 15.1. The molecule has 0 amide bonds. The van der Waals surface area contributed by atoms with Crippen molar-refractivity contribution in [3.8, 4) is 0 Å². The molecule has 1 N–H and O–H groups in total. The molecule has 1 atom stereocenters. The third kappa shape index (κ3) is 4.42. The van der Waals surface area contributed by atoms with Gasteiger partial charge in [-0.25, -0.2) is 0 Å². The maximum atomic E-state index is 3.44. The Labute approximate surface area is 128 Å². The van der Waals surface area contributed by atoms with Gasteiger partial charge in [-0.15, -0.1) is 0 Å². The summed E-state index contributed by atoms with van der Waals surface area (Å²) in [5, 5.41) is 3.44. The topological polar surface area (TPSA) is 15.3 Å². The molecule has 112 valence electrons. The standard InChI is InChI=1S/C19H26N2/c1-15-10-11-18(12-16(15)2)19(20-3)14-21(4)13-17-8-6-5-7-9-17/h5-12,19-20H,13-14H2,1-4H3. The molecule has 0 saturated heterocycles. The average Bonchev–Trinajstić information content (AvgIpc) is 2.49. The monoisotopic (exact) mass is 282 g/mol. The van der Waals surface area contributed by atoms with Crippen molar-refractivity contribution in [1.82, 2.24) is 10.2 Å². The number of hydrogen-bond donors (Lipinski definition) is 1. The van der Waals surface area contributed by atoms with Crippen LogP contribution in [-0.2, 0) is 6.54 Å². The van der Waals surface area contributed by atoms with Crippen molar-refractivity contribution < 1.29 is 0 Å². The minimum absolute atomic E-state index is 0.359. The van der Waals surface area contributed by atoms with Gasteiger partial charge in [0.05, 0.1) is 0 Å². The van der Waals surface area contributed by atoms with E-state index in [0.29, 0.717) is 6.04 Å². The summed E-state index contributed by atoms with van der Waals surface area (Å²) < 4.78 is 0. The Hall–Kier alpha value is -1.64. The van der Waals surface area contributed by atoms with E-state index in [1.807, 2.05) is 7.05 Å². The second-order valence-electron chi connectivity index (χ2n) is 5.87. The average molecular weight is 282 g/mol. The van der Waals surface area contributed by atoms with Gasteiger partial charge in [-0.1, -0.05) is 48.5 Å². The predicted molar refractivity (Wildman–Crippen MR) is 90.5 cm³/mol. The van der Waals surface area contributed by atoms with Gasteiger partial charge in [0, 0.05) is 19.1 Å². The van der Waals surface area contributed by atoms with Gasteiger partial charge in [0.1, 0.15) is 0 Å². The Morgan fingerprint density at radius 2 is 1.71 bits per heavy atom. The Morgan fingerprint density at radius 3 is 2.33 bits per heavy atom. The summed E-state index contributed by atoms with van der Waals surface area (Å²) in [5.41, 5.74) is 5.43. The number of likely N-dealkylation sites (N-methyl/N-ethyl adjacent to an activating group) is 2. The fourth-order valence-electron chi connectivity index (χ4n) is 2.62. The van der Waals surface area contributed by atoms with Crippen molar-refractivity contribution in [2.24, 2.45) is 0 Å². The van der Waals surface area contributed by atoms with Gasteiger partial charge >= 0.3 is 0 Å². The van der Waals surface area contributed by atoms with E-state index in [-0.39, 0.29) is 0 Å². The SMILES string of the molecule is CNC(CN(C)Cc1ccccc1)c1ccc(C)c(C)c1. The Bertz CT molecular complexity index is 563. The normalized spacial score (nSPS) is 12.6. The summed E-state index contributed by atoms with van der Waals surface area (Å²) in [6, 6.07) is 17.7. The van der Waals surface area contributed by atoms with Gasteiger partial charge in [-0.3, -0.25) is 0 Å². The molecule has 0 aromatic heterocycles. The molecule has 21 heavy (non-hydrogen) atoms. The smallest absolute Gasteiger partial charge is 0.0446 e. The van der Waals surface area contributed by atoms with Crippen LogP contribution in [0.3, 0.4) is 0 Å². The van der Waals surface area contributed by atoms with Crippen molar-refractivity contribution in [2.75, 3.05) is 20.6 Å². The summed E-state index contributed by atoms with van der Waals surface area (Å²) >= 11 is 0. The fraction of sp³-hybridized carbons (Fsp3) is 0.368. The van der Waals surface area contributed by atoms with E-state index >= 15 is 0 Å². The fourth-order valence-corrected chi connectivity index (χ4v) is 2.62. The summed E-state index contributed by atoms with van der Waals surface area (Å²) in [5.74, 6) is 0. The maximum absolute atomic E-state index is 3.44. The molecule has 0 aliphatic carbocycles. The minimum atomic E-state index is 0.359. The molecule has 2 aromatic carbocycles. The van der Waals surface area contributed by atoms with Gasteiger partial charge in [0.2, 0.25) is 0 Å². The van der Waals surface area contributed by atoms with Crippen molar-refractivity contribution in [3.63, 3.8) is 0 Å². The van der Waals surface area contributed by atoms with Crippen molar-refractivity contribution in [3.05, 3.63) is 70.8 Å². The summed E-state index contributed by atoms with van der Waals surface area (Å²) in [6.07, 6.45) is 0. The lowest BCUT2D eigenvalue weighted by molar-refractivity contribution is 0.289. The zero-order valence-electron chi connectivity index (χ0n) is 13.6. The Balaban J connectivity index is 2.02. The van der Waals surface area contributed by atoms with Crippen molar-refractivity contribution >= 4 is 0 Å². The number of hydrogen-bond acceptors (Lipinski definition) is 2. The molecule has 0 saturated carbocycles. The molecule has 2 heteroatoms. The lowest BCUT2D eigenvalue weighted by Gasteiger charge is -2.24. The molecule has 2 nitrogen and oxygen atoms in total. The first-order valence-corrected chi connectivity index (χ1v) is 7.57. The van der Waals surface area contributed by atoms with Crippen LogP contribution >= 0.6 is 0 Å². The second kappa shape index (κ2) is 7.39. The van der Waals surface area contributed by atoms with Gasteiger partial charge in [-0.2, -0.15) is 0 Å². The van der Waals surface area contributed by atoms with Crippen LogP contribution in [0.25, 0.3) is 0 Å². The van der Waals surface area contributed by atoms with E-state index in [0.717, 1.165) is 13.1 Å². The summed E-state index contributed by atoms with van der Waals surface area (Å²) in [4.78, 5) is 2.37. The molecular weight excluding hydrogens is 256 g/mol. The molecule has 0 aliphatic rings. The van der Waals surface area contributed by atoms with Crippen LogP contribution in [0.1, 0.15) is 28.3 Å². The molecule has 0 aliphatic heterocycles. The molecule has 0 radical (unpaired) electrons. The van der Waals surface area contributed by atoms with E-state index < -0.39 is 0 Å². The third-order valence-corrected chi connectivity index (χ3v) is 4.07. The van der Waals surface area contributed by atoms with Crippen LogP contribution in [0.2, 0.25) is 0 Å². The van der Waals surface area contributed by atoms with Gasteiger partial charge in [0.15, 0.2) is 0 Å². The number of aryl methyl sites for hydroxylation is 2. The molecule has 0 heterocycles. The quantitative estimate of drug-likeness (QED) is 0.869. The summed E-state index contributed by atoms with van der Waals surface area (Å²) in [6.45, 7) is 6.31. The number of benzene rings is 2. The summed E-state index contributed by atoms with van der Waals surface area (Å²) in [7, 11) is 4.22. The Morgan fingerprint density at radius 1 is 1.00 bits per heavy atom. The molecule has 0 fully saturated rings. The zero-order valence-corrected chi connectivity index (χ0v) is 13.6. The van der Waals surface area contributed by atoms with Crippen LogP contribution in [-0.4, -0.2) is 25.5 Å². The predicted octanol–water partition coefficient (Wildman–Crippen LogP) is 3.70. The van der Waals surface area contributed by atoms with Crippen molar-refractivity contribution in [1.29, 1.82) is 0 Å². The number of nitrogens with zero attached hydrogens (tertiary/aromatic N) is 1. The highest BCUT2D eigenvalue weighted by molar-refractivity contribution is 5.32. The van der Waals surface area contributed by atoms with E-state index in [2.05, 4.69) is 79.6 Å². The molecule has 0 bridgehead atoms. The highest BCUT2D eigenvalue weighted by Gasteiger charge is 2.13. The largest absolute Gasteiger partial charge is 0.312 e. The molecule has 2 rings (SSSR count). The number of rotatable bonds is 6. The lowest BCUT2D eigenvalue weighted by atomic mass is 10.0. The van der Waals surface area contributed by atoms with Crippen LogP contribution < -0.4 is 5.32 Å². The van der Waals surface area contributed by atoms with Crippen LogP contribution in [0, 0.1) is 13.8 Å².